The molecular weight excluding hydrogens is 350 g/mol. The predicted octanol–water partition coefficient (Wildman–Crippen LogP) is 5.88. The average Bonchev–Trinajstić information content (AvgIpc) is 3.57. The van der Waals surface area contributed by atoms with Crippen molar-refractivity contribution in [1.29, 1.82) is 0 Å². The maximum absolute atomic E-state index is 5.50. The van der Waals surface area contributed by atoms with Gasteiger partial charge in [-0.15, -0.1) is 0 Å². The molecule has 10 aliphatic rings. The molecule has 10 aliphatic heterocycles. The van der Waals surface area contributed by atoms with Crippen LogP contribution in [0.4, 0.5) is 0 Å². The van der Waals surface area contributed by atoms with Crippen LogP contribution >= 0.6 is 0 Å². The zero-order chi connectivity index (χ0) is 16.5. The molecule has 136 valence electrons. The summed E-state index contributed by atoms with van der Waals surface area (Å²) in [6, 6.07) is 10.6. The third kappa shape index (κ3) is 0.209. The Labute approximate surface area is 140 Å². The van der Waals surface area contributed by atoms with Gasteiger partial charge in [0.2, 0.25) is 0 Å². The van der Waals surface area contributed by atoms with E-state index >= 15 is 0 Å². The molecule has 25 heavy (non-hydrogen) atoms. The molecule has 10 saturated heterocycles. The van der Waals surface area contributed by atoms with E-state index in [2.05, 4.69) is 49.4 Å². The van der Waals surface area contributed by atoms with E-state index in [1.165, 1.54) is 68.3 Å². The molecule has 0 bridgehead atoms. The zero-order valence-electron chi connectivity index (χ0n) is 15.4. The SMILES string of the molecule is CCCc1ccccc1.CON(C)C[C]12[CH]3[CH]4[CH]5[CH]1[Fe]45321678[CH]2[CH]1[CH]6[CH]7[CH]28. The van der Waals surface area contributed by atoms with Crippen LogP contribution in [0.15, 0.2) is 30.3 Å². The number of aryl methyl sites for hydroxylation is 1. The molecule has 0 aromatic heterocycles. The van der Waals surface area contributed by atoms with Crippen LogP contribution in [0.25, 0.3) is 0 Å². The summed E-state index contributed by atoms with van der Waals surface area (Å²) in [6.45, 7) is 0.828. The summed E-state index contributed by atoms with van der Waals surface area (Å²) < 4.78 is 1.02. The summed E-state index contributed by atoms with van der Waals surface area (Å²) in [4.78, 5) is 18.6. The van der Waals surface area contributed by atoms with Gasteiger partial charge >= 0.3 is 84.8 Å². The third-order valence-corrected chi connectivity index (χ3v) is 60.1. The Kier molecular flexibility index (Phi) is 0.690. The van der Waals surface area contributed by atoms with Crippen LogP contribution < -0.4 is 0 Å². The van der Waals surface area contributed by atoms with Crippen molar-refractivity contribution in [3.63, 3.8) is 0 Å². The Hall–Kier alpha value is -0.341. The van der Waals surface area contributed by atoms with Crippen molar-refractivity contribution in [3.05, 3.63) is 35.9 Å². The second-order valence-corrected chi connectivity index (χ2v) is 36.7. The molecule has 1 aromatic rings. The van der Waals surface area contributed by atoms with Crippen LogP contribution in [0.5, 0.6) is 0 Å². The standard InChI is InChI=1S/C9H12.C8H12NO.C5H5.Fe/c1-2-6-9-7-4-3-5-8-9;1-9(10-2)7-8-5-3-4-6-8;1-2-4-5-3-1;/h3-5,7-8H,2,6H2,1H3;3-6H,7H2,1-2H3;1-5H;. The summed E-state index contributed by atoms with van der Waals surface area (Å²) in [6.07, 6.45) is 2.45. The van der Waals surface area contributed by atoms with Gasteiger partial charge in [0.25, 0.3) is 0 Å². The van der Waals surface area contributed by atoms with Crippen LogP contribution in [0.1, 0.15) is 18.9 Å². The monoisotopic (exact) mass is 379 g/mol. The summed E-state index contributed by atoms with van der Waals surface area (Å²) >= 11 is 0. The molecule has 2 nitrogen and oxygen atoms in total. The van der Waals surface area contributed by atoms with E-state index in [1.807, 2.05) is 7.11 Å². The Morgan fingerprint density at radius 3 is 1.88 bits per heavy atom. The van der Waals surface area contributed by atoms with E-state index in [4.69, 9.17) is 4.84 Å². The molecule has 1 spiro atoms. The van der Waals surface area contributed by atoms with Gasteiger partial charge < -0.3 is 0 Å². The van der Waals surface area contributed by atoms with Crippen molar-refractivity contribution in [2.75, 3.05) is 20.7 Å². The molecular formula is C22H29FeNO. The molecule has 4 atom stereocenters. The van der Waals surface area contributed by atoms with E-state index < -0.39 is 6.51 Å². The van der Waals surface area contributed by atoms with Gasteiger partial charge in [-0.1, -0.05) is 43.7 Å². The molecule has 0 radical (unpaired) electrons. The van der Waals surface area contributed by atoms with Crippen LogP contribution in [-0.2, 0) is 17.8 Å². The van der Waals surface area contributed by atoms with E-state index in [0.717, 1.165) is 4.31 Å². The van der Waals surface area contributed by atoms with Gasteiger partial charge in [-0.3, -0.25) is 0 Å². The Morgan fingerprint density at radius 1 is 0.960 bits per heavy atom. The van der Waals surface area contributed by atoms with Gasteiger partial charge in [-0.05, 0) is 12.0 Å². The number of hydrogen-bond acceptors (Lipinski definition) is 2. The van der Waals surface area contributed by atoms with Crippen molar-refractivity contribution in [2.45, 2.75) is 67.4 Å². The van der Waals surface area contributed by atoms with Gasteiger partial charge in [0.15, 0.2) is 0 Å². The number of nitrogens with zero attached hydrogens (tertiary/aromatic N) is 1. The number of benzene rings is 1. The van der Waals surface area contributed by atoms with Crippen molar-refractivity contribution in [3.8, 4) is 0 Å². The minimum atomic E-state index is -2.75. The van der Waals surface area contributed by atoms with Crippen LogP contribution in [0.3, 0.4) is 0 Å². The molecule has 0 saturated carbocycles. The van der Waals surface area contributed by atoms with Crippen molar-refractivity contribution >= 4 is 0 Å². The van der Waals surface area contributed by atoms with Gasteiger partial charge in [-0.25, -0.2) is 0 Å². The fourth-order valence-electron chi connectivity index (χ4n) is 18.4. The molecule has 10 heterocycles. The Bertz CT molecular complexity index is 1140. The fourth-order valence-corrected chi connectivity index (χ4v) is 93.2. The predicted molar refractivity (Wildman–Crippen MR) is 96.5 cm³/mol. The molecule has 10 fully saturated rings. The molecule has 0 amide bonds. The summed E-state index contributed by atoms with van der Waals surface area (Å²) in [5.41, 5.74) is 1.44. The van der Waals surface area contributed by atoms with Gasteiger partial charge in [-0.2, -0.15) is 0 Å². The van der Waals surface area contributed by atoms with Crippen LogP contribution in [0, 0.1) is 0 Å². The molecule has 0 aliphatic carbocycles. The fraction of sp³-hybridized carbons (Fsp3) is 0.727. The molecule has 4 unspecified atom stereocenters. The molecule has 11 rings (SSSR count). The normalized spacial score (nSPS) is 84.2. The number of fused-ring (bicyclic) bond motifs is 10. The number of rotatable bonds is 5. The second-order valence-electron chi connectivity index (χ2n) is 13.0. The first-order chi connectivity index (χ1) is 11.9. The average molecular weight is 379 g/mol. The maximum atomic E-state index is 5.50. The van der Waals surface area contributed by atoms with E-state index in [9.17, 15) is 0 Å². The third-order valence-electron chi connectivity index (χ3n) is 17.1. The second kappa shape index (κ2) is 1.41. The minimum absolute atomic E-state index is 1.02. The van der Waals surface area contributed by atoms with E-state index in [-0.39, 0.29) is 0 Å². The van der Waals surface area contributed by atoms with E-state index in [0.29, 0.717) is 0 Å². The van der Waals surface area contributed by atoms with Gasteiger partial charge in [0, 0.05) is 0 Å². The van der Waals surface area contributed by atoms with Crippen molar-refractivity contribution in [1.82, 2.24) is 5.06 Å². The first-order valence-corrected chi connectivity index (χ1v) is 16.7. The zero-order valence-corrected chi connectivity index (χ0v) is 16.5. The van der Waals surface area contributed by atoms with Crippen LogP contribution in [-0.4, -0.2) is 25.8 Å². The number of hydroxylamine groups is 2. The Balaban J connectivity index is 0.000000103. The summed E-state index contributed by atoms with van der Waals surface area (Å²) in [5, 5.41) is 2.21. The molecule has 0 N–H and O–H groups in total. The molecule has 1 aromatic carbocycles. The van der Waals surface area contributed by atoms with Gasteiger partial charge in [0.1, 0.15) is 0 Å². The van der Waals surface area contributed by atoms with Crippen LogP contribution in [0.2, 0.25) is 47.7 Å². The van der Waals surface area contributed by atoms with Crippen molar-refractivity contribution in [2.24, 2.45) is 0 Å². The first kappa shape index (κ1) is 12.2. The summed E-state index contributed by atoms with van der Waals surface area (Å²) in [5.74, 6) is 0. The number of hydrogen-bond donors (Lipinski definition) is 0. The molecule has 3 heteroatoms. The summed E-state index contributed by atoms with van der Waals surface area (Å²) in [7, 11) is 4.05. The topological polar surface area (TPSA) is 12.5 Å². The first-order valence-electron chi connectivity index (χ1n) is 10.4. The van der Waals surface area contributed by atoms with E-state index in [1.54, 1.807) is 0 Å². The quantitative estimate of drug-likeness (QED) is 0.468. The van der Waals surface area contributed by atoms with Crippen molar-refractivity contribution < 1.29 is 11.3 Å². The Morgan fingerprint density at radius 2 is 1.52 bits per heavy atom. The van der Waals surface area contributed by atoms with Gasteiger partial charge in [0.05, 0.1) is 0 Å².